The van der Waals surface area contributed by atoms with Crippen molar-refractivity contribution in [2.45, 2.75) is 38.6 Å². The number of aromatic amines is 1. The molecule has 1 aromatic heterocycles. The second-order valence-corrected chi connectivity index (χ2v) is 5.97. The Morgan fingerprint density at radius 3 is 3.14 bits per heavy atom. The van der Waals surface area contributed by atoms with Gasteiger partial charge in [0.2, 0.25) is 5.91 Å². The van der Waals surface area contributed by atoms with Gasteiger partial charge in [-0.1, -0.05) is 12.1 Å². The molecular weight excluding hydrogens is 262 g/mol. The van der Waals surface area contributed by atoms with Gasteiger partial charge in [0.1, 0.15) is 0 Å². The van der Waals surface area contributed by atoms with Crippen LogP contribution in [0, 0.1) is 6.92 Å². The lowest BCUT2D eigenvalue weighted by atomic mass is 10.1. The molecule has 1 atom stereocenters. The highest BCUT2D eigenvalue weighted by molar-refractivity contribution is 5.89. The lowest BCUT2D eigenvalue weighted by molar-refractivity contribution is -0.120. The molecule has 1 aliphatic heterocycles. The number of rotatable bonds is 5. The van der Waals surface area contributed by atoms with Gasteiger partial charge >= 0.3 is 0 Å². The quantitative estimate of drug-likeness (QED) is 0.789. The lowest BCUT2D eigenvalue weighted by Crippen LogP contribution is -2.31. The maximum absolute atomic E-state index is 12.0. The molecule has 21 heavy (non-hydrogen) atoms. The molecule has 1 aromatic carbocycles. The molecule has 0 aliphatic carbocycles. The molecule has 4 heteroatoms. The van der Waals surface area contributed by atoms with Crippen LogP contribution in [0.15, 0.2) is 24.4 Å². The molecule has 4 nitrogen and oxygen atoms in total. The predicted molar refractivity (Wildman–Crippen MR) is 85.4 cm³/mol. The van der Waals surface area contributed by atoms with Gasteiger partial charge in [0.05, 0.1) is 6.42 Å². The number of carbonyl (C=O) groups excluding carboxylic acids is 1. The number of nitrogens with one attached hydrogen (secondary N) is 3. The summed E-state index contributed by atoms with van der Waals surface area (Å²) >= 11 is 0. The molecule has 0 bridgehead atoms. The average molecular weight is 285 g/mol. The number of benzene rings is 1. The van der Waals surface area contributed by atoms with Gasteiger partial charge in [0.25, 0.3) is 0 Å². The first-order valence-corrected chi connectivity index (χ1v) is 7.79. The molecule has 1 aliphatic rings. The number of aromatic nitrogens is 1. The fourth-order valence-electron chi connectivity index (χ4n) is 3.07. The molecule has 0 unspecified atom stereocenters. The first-order chi connectivity index (χ1) is 10.2. The third-order valence-corrected chi connectivity index (χ3v) is 4.25. The molecule has 1 saturated heterocycles. The van der Waals surface area contributed by atoms with E-state index in [4.69, 9.17) is 0 Å². The van der Waals surface area contributed by atoms with E-state index in [9.17, 15) is 4.79 Å². The molecule has 3 rings (SSSR count). The van der Waals surface area contributed by atoms with Gasteiger partial charge in [-0.15, -0.1) is 0 Å². The summed E-state index contributed by atoms with van der Waals surface area (Å²) in [6.07, 6.45) is 5.91. The maximum Gasteiger partial charge on any atom is 0.224 e. The number of hydrogen-bond acceptors (Lipinski definition) is 2. The highest BCUT2D eigenvalue weighted by Crippen LogP contribution is 2.19. The van der Waals surface area contributed by atoms with Crippen LogP contribution in [-0.2, 0) is 11.2 Å². The summed E-state index contributed by atoms with van der Waals surface area (Å²) in [7, 11) is 0. The number of hydrogen-bond donors (Lipinski definition) is 3. The molecule has 0 spiro atoms. The topological polar surface area (TPSA) is 56.9 Å². The van der Waals surface area contributed by atoms with Crippen LogP contribution >= 0.6 is 0 Å². The first-order valence-electron chi connectivity index (χ1n) is 7.79. The number of H-pyrrole nitrogens is 1. The number of aryl methyl sites for hydroxylation is 1. The normalized spacial score (nSPS) is 18.2. The van der Waals surface area contributed by atoms with E-state index in [1.807, 2.05) is 6.20 Å². The van der Waals surface area contributed by atoms with E-state index in [1.54, 1.807) is 0 Å². The van der Waals surface area contributed by atoms with Crippen molar-refractivity contribution in [2.24, 2.45) is 0 Å². The highest BCUT2D eigenvalue weighted by atomic mass is 16.1. The summed E-state index contributed by atoms with van der Waals surface area (Å²) in [4.78, 5) is 15.3. The summed E-state index contributed by atoms with van der Waals surface area (Å²) in [5, 5.41) is 7.63. The van der Waals surface area contributed by atoms with Crippen molar-refractivity contribution in [2.75, 3.05) is 13.1 Å². The largest absolute Gasteiger partial charge is 0.361 e. The summed E-state index contributed by atoms with van der Waals surface area (Å²) in [5.41, 5.74) is 3.40. The van der Waals surface area contributed by atoms with Crippen LogP contribution in [0.25, 0.3) is 10.9 Å². The molecular formula is C17H23N3O. The maximum atomic E-state index is 12.0. The van der Waals surface area contributed by atoms with E-state index in [1.165, 1.54) is 18.4 Å². The third kappa shape index (κ3) is 3.45. The monoisotopic (exact) mass is 285 g/mol. The first kappa shape index (κ1) is 14.1. The second-order valence-electron chi connectivity index (χ2n) is 5.97. The van der Waals surface area contributed by atoms with Crippen molar-refractivity contribution < 1.29 is 4.79 Å². The minimum Gasteiger partial charge on any atom is -0.361 e. The molecule has 0 saturated carbocycles. The molecule has 1 fully saturated rings. The fraction of sp³-hybridized carbons (Fsp3) is 0.471. The Kier molecular flexibility index (Phi) is 4.25. The molecule has 112 valence electrons. The van der Waals surface area contributed by atoms with Crippen molar-refractivity contribution in [3.63, 3.8) is 0 Å². The minimum atomic E-state index is 0.106. The highest BCUT2D eigenvalue weighted by Gasteiger charge is 2.14. The van der Waals surface area contributed by atoms with Crippen LogP contribution in [0.5, 0.6) is 0 Å². The van der Waals surface area contributed by atoms with E-state index < -0.39 is 0 Å². The molecule has 2 heterocycles. The van der Waals surface area contributed by atoms with E-state index in [0.29, 0.717) is 12.5 Å². The average Bonchev–Trinajstić information content (AvgIpc) is 3.09. The number of fused-ring (bicyclic) bond motifs is 1. The third-order valence-electron chi connectivity index (χ3n) is 4.25. The van der Waals surface area contributed by atoms with Gasteiger partial charge in [-0.2, -0.15) is 0 Å². The van der Waals surface area contributed by atoms with Gasteiger partial charge in [-0.25, -0.2) is 0 Å². The summed E-state index contributed by atoms with van der Waals surface area (Å²) in [6, 6.07) is 6.87. The van der Waals surface area contributed by atoms with Crippen molar-refractivity contribution in [1.29, 1.82) is 0 Å². The smallest absolute Gasteiger partial charge is 0.224 e. The summed E-state index contributed by atoms with van der Waals surface area (Å²) in [5.74, 6) is 0.106. The number of amides is 1. The van der Waals surface area contributed by atoms with Crippen LogP contribution in [0.2, 0.25) is 0 Å². The van der Waals surface area contributed by atoms with E-state index in [0.717, 1.165) is 36.0 Å². The molecule has 0 radical (unpaired) electrons. The van der Waals surface area contributed by atoms with Crippen LogP contribution < -0.4 is 10.6 Å². The van der Waals surface area contributed by atoms with E-state index in [-0.39, 0.29) is 5.91 Å². The Hall–Kier alpha value is -1.81. The molecule has 3 N–H and O–H groups in total. The molecule has 2 aromatic rings. The van der Waals surface area contributed by atoms with Gasteiger partial charge in [-0.3, -0.25) is 4.79 Å². The van der Waals surface area contributed by atoms with Crippen LogP contribution in [0.3, 0.4) is 0 Å². The van der Waals surface area contributed by atoms with Gasteiger partial charge < -0.3 is 15.6 Å². The molecule has 1 amide bonds. The van der Waals surface area contributed by atoms with Crippen LogP contribution in [-0.4, -0.2) is 30.0 Å². The summed E-state index contributed by atoms with van der Waals surface area (Å²) in [6.45, 7) is 3.95. The van der Waals surface area contributed by atoms with Crippen molar-refractivity contribution >= 4 is 16.8 Å². The zero-order valence-corrected chi connectivity index (χ0v) is 12.5. The van der Waals surface area contributed by atoms with Crippen LogP contribution in [0.1, 0.15) is 30.4 Å². The lowest BCUT2D eigenvalue weighted by Gasteiger charge is -2.10. The van der Waals surface area contributed by atoms with Crippen molar-refractivity contribution in [1.82, 2.24) is 15.6 Å². The van der Waals surface area contributed by atoms with Gasteiger partial charge in [0.15, 0.2) is 0 Å². The fourth-order valence-corrected chi connectivity index (χ4v) is 3.07. The Bertz CT molecular complexity index is 626. The SMILES string of the molecule is Cc1ccc2c(CC(=O)NCC[C@H]3CCCN3)c[nH]c2c1. The van der Waals surface area contributed by atoms with Crippen molar-refractivity contribution in [3.05, 3.63) is 35.5 Å². The number of carbonyl (C=O) groups is 1. The van der Waals surface area contributed by atoms with Gasteiger partial charge in [-0.05, 0) is 49.9 Å². The Labute approximate surface area is 125 Å². The second kappa shape index (κ2) is 6.31. The van der Waals surface area contributed by atoms with Gasteiger partial charge in [0, 0.05) is 29.7 Å². The minimum absolute atomic E-state index is 0.106. The Morgan fingerprint density at radius 1 is 1.43 bits per heavy atom. The van der Waals surface area contributed by atoms with E-state index >= 15 is 0 Å². The summed E-state index contributed by atoms with van der Waals surface area (Å²) < 4.78 is 0. The Balaban J connectivity index is 1.53. The standard InChI is InChI=1S/C17H23N3O/c1-12-4-5-15-13(11-20-16(15)9-12)10-17(21)19-8-6-14-3-2-7-18-14/h4-5,9,11,14,18,20H,2-3,6-8,10H2,1H3,(H,19,21)/t14-/m1/s1. The zero-order chi connectivity index (χ0) is 14.7. The Morgan fingerprint density at radius 2 is 2.33 bits per heavy atom. The zero-order valence-electron chi connectivity index (χ0n) is 12.5. The van der Waals surface area contributed by atoms with Crippen molar-refractivity contribution in [3.8, 4) is 0 Å². The van der Waals surface area contributed by atoms with E-state index in [2.05, 4.69) is 40.7 Å². The van der Waals surface area contributed by atoms with Crippen LogP contribution in [0.4, 0.5) is 0 Å². The predicted octanol–water partition coefficient (Wildman–Crippen LogP) is 2.28.